The molecule has 0 aromatic heterocycles. The molecule has 1 rings (SSSR count). The summed E-state index contributed by atoms with van der Waals surface area (Å²) in [6.07, 6.45) is 5.84. The van der Waals surface area contributed by atoms with E-state index in [0.717, 1.165) is 32.1 Å². The van der Waals surface area contributed by atoms with E-state index in [4.69, 9.17) is 0 Å². The Hall–Kier alpha value is -1.12. The summed E-state index contributed by atoms with van der Waals surface area (Å²) in [4.78, 5) is 4.87. The highest BCUT2D eigenvalue weighted by molar-refractivity contribution is 5.14. The lowest BCUT2D eigenvalue weighted by molar-refractivity contribution is 0.193. The average molecular weight is 319 g/mol. The molecule has 132 valence electrons. The maximum absolute atomic E-state index is 2.60. The standard InChI is InChI=1S/C20H34N2.CH4/c1-6-11-20(18(3)7-2)17-22(15-14-21(4)5)16-19-12-9-8-10-13-19;/h6,8-13,18,20H,7,14-17H2,1-5H3;1H4/b11-6-;. The van der Waals surface area contributed by atoms with Crippen molar-refractivity contribution < 1.29 is 0 Å². The van der Waals surface area contributed by atoms with Crippen molar-refractivity contribution in [1.82, 2.24) is 9.80 Å². The fourth-order valence-electron chi connectivity index (χ4n) is 2.70. The van der Waals surface area contributed by atoms with Crippen LogP contribution in [0.4, 0.5) is 0 Å². The summed E-state index contributed by atoms with van der Waals surface area (Å²) >= 11 is 0. The van der Waals surface area contributed by atoms with E-state index in [1.165, 1.54) is 12.0 Å². The number of nitrogens with zero attached hydrogens (tertiary/aromatic N) is 2. The molecule has 0 aliphatic heterocycles. The molecule has 0 radical (unpaired) electrons. The van der Waals surface area contributed by atoms with Crippen molar-refractivity contribution in [1.29, 1.82) is 0 Å². The third-order valence-corrected chi connectivity index (χ3v) is 4.40. The highest BCUT2D eigenvalue weighted by Gasteiger charge is 2.17. The van der Waals surface area contributed by atoms with Crippen LogP contribution in [0.5, 0.6) is 0 Å². The molecule has 0 saturated heterocycles. The Morgan fingerprint density at radius 3 is 2.26 bits per heavy atom. The lowest BCUT2D eigenvalue weighted by atomic mass is 9.90. The van der Waals surface area contributed by atoms with Crippen LogP contribution in [-0.4, -0.2) is 43.5 Å². The number of likely N-dealkylation sites (N-methyl/N-ethyl adjacent to an activating group) is 1. The molecule has 2 unspecified atom stereocenters. The van der Waals surface area contributed by atoms with Crippen LogP contribution in [0.3, 0.4) is 0 Å². The first-order valence-electron chi connectivity index (χ1n) is 8.60. The maximum atomic E-state index is 2.60. The molecule has 0 heterocycles. The number of allylic oxidation sites excluding steroid dienone is 1. The first-order valence-corrected chi connectivity index (χ1v) is 8.60. The monoisotopic (exact) mass is 318 g/mol. The van der Waals surface area contributed by atoms with Gasteiger partial charge in [-0.15, -0.1) is 0 Å². The molecule has 1 aromatic rings. The van der Waals surface area contributed by atoms with E-state index in [1.807, 2.05) is 0 Å². The second-order valence-electron chi connectivity index (χ2n) is 6.60. The summed E-state index contributed by atoms with van der Waals surface area (Å²) in [5.74, 6) is 1.37. The third kappa shape index (κ3) is 8.92. The van der Waals surface area contributed by atoms with Gasteiger partial charge in [0.15, 0.2) is 0 Å². The van der Waals surface area contributed by atoms with Crippen molar-refractivity contribution in [2.45, 2.75) is 41.2 Å². The fourth-order valence-corrected chi connectivity index (χ4v) is 2.70. The molecule has 0 spiro atoms. The molecule has 23 heavy (non-hydrogen) atoms. The molecule has 2 nitrogen and oxygen atoms in total. The van der Waals surface area contributed by atoms with Gasteiger partial charge in [-0.1, -0.05) is 70.2 Å². The van der Waals surface area contributed by atoms with Crippen molar-refractivity contribution in [2.75, 3.05) is 33.7 Å². The van der Waals surface area contributed by atoms with Gasteiger partial charge in [-0.05, 0) is 38.4 Å². The topological polar surface area (TPSA) is 6.48 Å². The number of rotatable bonds is 10. The zero-order valence-electron chi connectivity index (χ0n) is 15.1. The average Bonchev–Trinajstić information content (AvgIpc) is 2.52. The molecule has 0 fully saturated rings. The van der Waals surface area contributed by atoms with E-state index in [-0.39, 0.29) is 7.43 Å². The van der Waals surface area contributed by atoms with Gasteiger partial charge in [0.05, 0.1) is 0 Å². The zero-order chi connectivity index (χ0) is 16.4. The van der Waals surface area contributed by atoms with Gasteiger partial charge in [0, 0.05) is 26.2 Å². The quantitative estimate of drug-likeness (QED) is 0.565. The Morgan fingerprint density at radius 2 is 1.74 bits per heavy atom. The molecule has 0 bridgehead atoms. The summed E-state index contributed by atoms with van der Waals surface area (Å²) in [6.45, 7) is 11.2. The largest absolute Gasteiger partial charge is 0.308 e. The Bertz CT molecular complexity index is 411. The third-order valence-electron chi connectivity index (χ3n) is 4.40. The summed E-state index contributed by atoms with van der Waals surface area (Å²) in [5, 5.41) is 0. The van der Waals surface area contributed by atoms with E-state index in [1.54, 1.807) is 0 Å². The fraction of sp³-hybridized carbons (Fsp3) is 0.619. The SMILES string of the molecule is C.C/C=C\C(CN(CCN(C)C)Cc1ccccc1)C(C)CC. The van der Waals surface area contributed by atoms with Crippen LogP contribution >= 0.6 is 0 Å². The lowest BCUT2D eigenvalue weighted by Crippen LogP contribution is -2.36. The van der Waals surface area contributed by atoms with Crippen molar-refractivity contribution in [3.8, 4) is 0 Å². The molecule has 2 atom stereocenters. The molecule has 0 N–H and O–H groups in total. The van der Waals surface area contributed by atoms with Crippen LogP contribution in [0, 0.1) is 11.8 Å². The number of hydrogen-bond acceptors (Lipinski definition) is 2. The molecule has 0 saturated carbocycles. The highest BCUT2D eigenvalue weighted by atomic mass is 15.2. The van der Waals surface area contributed by atoms with E-state index in [9.17, 15) is 0 Å². The summed E-state index contributed by atoms with van der Waals surface area (Å²) < 4.78 is 0. The first kappa shape index (κ1) is 21.9. The minimum atomic E-state index is 0. The normalized spacial score (nSPS) is 14.2. The number of benzene rings is 1. The molecule has 2 heteroatoms. The van der Waals surface area contributed by atoms with E-state index >= 15 is 0 Å². The van der Waals surface area contributed by atoms with Crippen LogP contribution in [0.25, 0.3) is 0 Å². The van der Waals surface area contributed by atoms with Crippen LogP contribution in [0.1, 0.15) is 40.2 Å². The van der Waals surface area contributed by atoms with Gasteiger partial charge in [-0.25, -0.2) is 0 Å². The van der Waals surface area contributed by atoms with Crippen molar-refractivity contribution >= 4 is 0 Å². The highest BCUT2D eigenvalue weighted by Crippen LogP contribution is 2.19. The van der Waals surface area contributed by atoms with Crippen molar-refractivity contribution in [3.63, 3.8) is 0 Å². The summed E-state index contributed by atoms with van der Waals surface area (Å²) in [6, 6.07) is 10.8. The van der Waals surface area contributed by atoms with Crippen molar-refractivity contribution in [3.05, 3.63) is 48.0 Å². The number of hydrogen-bond donors (Lipinski definition) is 0. The minimum Gasteiger partial charge on any atom is -0.308 e. The summed E-state index contributed by atoms with van der Waals surface area (Å²) in [7, 11) is 4.30. The molecule has 1 aromatic carbocycles. The smallest absolute Gasteiger partial charge is 0.0234 e. The van der Waals surface area contributed by atoms with Gasteiger partial charge in [-0.3, -0.25) is 4.90 Å². The molecule has 0 amide bonds. The van der Waals surface area contributed by atoms with Gasteiger partial charge in [-0.2, -0.15) is 0 Å². The van der Waals surface area contributed by atoms with Crippen LogP contribution in [-0.2, 0) is 6.54 Å². The predicted octanol–water partition coefficient (Wildman–Crippen LogP) is 4.92. The Kier molecular flexibility index (Phi) is 11.7. The van der Waals surface area contributed by atoms with Gasteiger partial charge in [0.25, 0.3) is 0 Å². The van der Waals surface area contributed by atoms with Crippen LogP contribution in [0.2, 0.25) is 0 Å². The van der Waals surface area contributed by atoms with E-state index in [2.05, 4.69) is 87.2 Å². The van der Waals surface area contributed by atoms with Crippen molar-refractivity contribution in [2.24, 2.45) is 11.8 Å². The molecule has 0 aliphatic carbocycles. The second-order valence-corrected chi connectivity index (χ2v) is 6.60. The Labute approximate surface area is 145 Å². The predicted molar refractivity (Wildman–Crippen MR) is 105 cm³/mol. The van der Waals surface area contributed by atoms with Gasteiger partial charge in [0.2, 0.25) is 0 Å². The van der Waals surface area contributed by atoms with Crippen LogP contribution < -0.4 is 0 Å². The van der Waals surface area contributed by atoms with Gasteiger partial charge < -0.3 is 4.90 Å². The zero-order valence-corrected chi connectivity index (χ0v) is 15.1. The Morgan fingerprint density at radius 1 is 1.09 bits per heavy atom. The molecular weight excluding hydrogens is 280 g/mol. The maximum Gasteiger partial charge on any atom is 0.0234 e. The van der Waals surface area contributed by atoms with Gasteiger partial charge in [0.1, 0.15) is 0 Å². The molecule has 0 aliphatic rings. The van der Waals surface area contributed by atoms with E-state index in [0.29, 0.717) is 5.92 Å². The second kappa shape index (κ2) is 12.3. The summed E-state index contributed by atoms with van der Waals surface area (Å²) in [5.41, 5.74) is 1.41. The van der Waals surface area contributed by atoms with E-state index < -0.39 is 0 Å². The van der Waals surface area contributed by atoms with Gasteiger partial charge >= 0.3 is 0 Å². The minimum absolute atomic E-state index is 0. The lowest BCUT2D eigenvalue weighted by Gasteiger charge is -2.30. The first-order chi connectivity index (χ1) is 10.6. The Balaban J connectivity index is 0.00000484. The van der Waals surface area contributed by atoms with Crippen LogP contribution in [0.15, 0.2) is 42.5 Å². The molecular formula is C21H38N2.